The second kappa shape index (κ2) is 3.84. The Kier molecular flexibility index (Phi) is 3.03. The van der Waals surface area contributed by atoms with Crippen LogP contribution in [0, 0.1) is 5.92 Å². The summed E-state index contributed by atoms with van der Waals surface area (Å²) in [5.74, 6) is 0.693. The lowest BCUT2D eigenvalue weighted by Gasteiger charge is -2.21. The van der Waals surface area contributed by atoms with E-state index in [2.05, 4.69) is 6.92 Å². The molecule has 11 heavy (non-hydrogen) atoms. The molecule has 0 atom stereocenters. The molecule has 0 heterocycles. The van der Waals surface area contributed by atoms with Gasteiger partial charge in [-0.2, -0.15) is 8.78 Å². The molecule has 1 aliphatic rings. The van der Waals surface area contributed by atoms with Crippen LogP contribution in [0.5, 0.6) is 0 Å². The molecule has 0 aromatic rings. The third kappa shape index (κ3) is 2.28. The van der Waals surface area contributed by atoms with Crippen LogP contribution in [0.25, 0.3) is 0 Å². The maximum atomic E-state index is 12.0. The molecule has 64 valence electrons. The Hall–Kier alpha value is -0.400. The first kappa shape index (κ1) is 8.69. The molecule has 0 bridgehead atoms. The van der Waals surface area contributed by atoms with Gasteiger partial charge in [-0.05, 0) is 37.2 Å². The van der Waals surface area contributed by atoms with Crippen molar-refractivity contribution in [2.75, 3.05) is 0 Å². The second-order valence-corrected chi connectivity index (χ2v) is 3.22. The van der Waals surface area contributed by atoms with Gasteiger partial charge in [-0.15, -0.1) is 0 Å². The summed E-state index contributed by atoms with van der Waals surface area (Å²) in [5.41, 5.74) is 0.398. The number of hydrogen-bond acceptors (Lipinski definition) is 0. The summed E-state index contributed by atoms with van der Waals surface area (Å²) < 4.78 is 24.1. The van der Waals surface area contributed by atoms with Crippen molar-refractivity contribution < 1.29 is 8.78 Å². The molecule has 0 N–H and O–H groups in total. The smallest absolute Gasteiger partial charge is 0.173 e. The largest absolute Gasteiger partial charge is 0.269 e. The molecule has 0 nitrogen and oxygen atoms in total. The third-order valence-electron chi connectivity index (χ3n) is 2.55. The van der Waals surface area contributed by atoms with Gasteiger partial charge in [0.15, 0.2) is 0 Å². The van der Waals surface area contributed by atoms with E-state index in [0.29, 0.717) is 24.3 Å². The van der Waals surface area contributed by atoms with Crippen molar-refractivity contribution in [1.29, 1.82) is 0 Å². The van der Waals surface area contributed by atoms with Crippen LogP contribution >= 0.6 is 0 Å². The molecule has 0 radical (unpaired) electrons. The average Bonchev–Trinajstić information content (AvgIpc) is 2.05. The lowest BCUT2D eigenvalue weighted by Crippen LogP contribution is -2.07. The quantitative estimate of drug-likeness (QED) is 0.548. The Morgan fingerprint density at radius 2 is 1.91 bits per heavy atom. The first-order valence-corrected chi connectivity index (χ1v) is 4.27. The van der Waals surface area contributed by atoms with E-state index in [4.69, 9.17) is 0 Å². The summed E-state index contributed by atoms with van der Waals surface area (Å²) in [5, 5.41) is 0. The Morgan fingerprint density at radius 3 is 2.27 bits per heavy atom. The van der Waals surface area contributed by atoms with Gasteiger partial charge in [-0.3, -0.25) is 0 Å². The van der Waals surface area contributed by atoms with E-state index >= 15 is 0 Å². The zero-order valence-corrected chi connectivity index (χ0v) is 6.87. The highest BCUT2D eigenvalue weighted by atomic mass is 19.3. The molecular weight excluding hydrogens is 146 g/mol. The minimum atomic E-state index is -1.43. The number of halogens is 2. The van der Waals surface area contributed by atoms with Crippen molar-refractivity contribution >= 4 is 0 Å². The van der Waals surface area contributed by atoms with Gasteiger partial charge in [-0.1, -0.05) is 13.3 Å². The SMILES string of the molecule is CCC1CCC(=C(F)F)CC1. The summed E-state index contributed by atoms with van der Waals surface area (Å²) in [6, 6.07) is 0. The van der Waals surface area contributed by atoms with E-state index in [-0.39, 0.29) is 0 Å². The van der Waals surface area contributed by atoms with Crippen LogP contribution in [0.15, 0.2) is 11.7 Å². The number of hydrogen-bond donors (Lipinski definition) is 0. The fourth-order valence-corrected chi connectivity index (χ4v) is 1.62. The fraction of sp³-hybridized carbons (Fsp3) is 0.778. The van der Waals surface area contributed by atoms with Gasteiger partial charge in [0, 0.05) is 0 Å². The minimum Gasteiger partial charge on any atom is -0.173 e. The van der Waals surface area contributed by atoms with E-state index in [1.165, 1.54) is 0 Å². The molecule has 0 aliphatic heterocycles. The summed E-state index contributed by atoms with van der Waals surface area (Å²) in [7, 11) is 0. The Bertz CT molecular complexity index is 147. The monoisotopic (exact) mass is 160 g/mol. The lowest BCUT2D eigenvalue weighted by atomic mass is 9.85. The van der Waals surface area contributed by atoms with Crippen molar-refractivity contribution in [3.63, 3.8) is 0 Å². The van der Waals surface area contributed by atoms with Crippen LogP contribution in [-0.2, 0) is 0 Å². The highest BCUT2D eigenvalue weighted by Gasteiger charge is 2.17. The Labute approximate surface area is 66.3 Å². The normalized spacial score (nSPS) is 25.4. The van der Waals surface area contributed by atoms with Crippen molar-refractivity contribution in [1.82, 2.24) is 0 Å². The van der Waals surface area contributed by atoms with E-state index in [9.17, 15) is 8.78 Å². The molecule has 1 saturated carbocycles. The van der Waals surface area contributed by atoms with Gasteiger partial charge in [0.25, 0.3) is 6.08 Å². The Balaban J connectivity index is 2.42. The van der Waals surface area contributed by atoms with Gasteiger partial charge in [0.1, 0.15) is 0 Å². The molecule has 1 fully saturated rings. The van der Waals surface area contributed by atoms with Crippen LogP contribution < -0.4 is 0 Å². The third-order valence-corrected chi connectivity index (χ3v) is 2.55. The van der Waals surface area contributed by atoms with E-state index < -0.39 is 6.08 Å². The topological polar surface area (TPSA) is 0 Å². The van der Waals surface area contributed by atoms with Crippen LogP contribution in [0.2, 0.25) is 0 Å². The van der Waals surface area contributed by atoms with E-state index in [0.717, 1.165) is 19.3 Å². The average molecular weight is 160 g/mol. The van der Waals surface area contributed by atoms with Gasteiger partial charge in [0.05, 0.1) is 0 Å². The first-order chi connectivity index (χ1) is 5.24. The zero-order valence-electron chi connectivity index (χ0n) is 6.87. The van der Waals surface area contributed by atoms with E-state index in [1.807, 2.05) is 0 Å². The second-order valence-electron chi connectivity index (χ2n) is 3.22. The van der Waals surface area contributed by atoms with Crippen molar-refractivity contribution in [3.05, 3.63) is 11.7 Å². The predicted octanol–water partition coefficient (Wildman–Crippen LogP) is 3.74. The minimum absolute atomic E-state index is 0.398. The lowest BCUT2D eigenvalue weighted by molar-refractivity contribution is 0.353. The van der Waals surface area contributed by atoms with Crippen LogP contribution in [0.1, 0.15) is 39.0 Å². The molecule has 0 unspecified atom stereocenters. The number of rotatable bonds is 1. The van der Waals surface area contributed by atoms with Gasteiger partial charge in [0.2, 0.25) is 0 Å². The highest BCUT2D eigenvalue weighted by Crippen LogP contribution is 2.32. The molecule has 0 aromatic heterocycles. The highest BCUT2D eigenvalue weighted by molar-refractivity contribution is 5.05. The van der Waals surface area contributed by atoms with Crippen LogP contribution in [-0.4, -0.2) is 0 Å². The number of allylic oxidation sites excluding steroid dienone is 1. The standard InChI is InChI=1S/C9H14F2/c1-2-7-3-5-8(6-4-7)9(10)11/h7H,2-6H2,1H3. The van der Waals surface area contributed by atoms with Gasteiger partial charge in [-0.25, -0.2) is 0 Å². The molecule has 0 spiro atoms. The van der Waals surface area contributed by atoms with Crippen molar-refractivity contribution in [3.8, 4) is 0 Å². The van der Waals surface area contributed by atoms with Crippen LogP contribution in [0.3, 0.4) is 0 Å². The zero-order chi connectivity index (χ0) is 8.27. The van der Waals surface area contributed by atoms with E-state index in [1.54, 1.807) is 0 Å². The first-order valence-electron chi connectivity index (χ1n) is 4.27. The maximum Gasteiger partial charge on any atom is 0.269 e. The molecule has 1 rings (SSSR count). The summed E-state index contributed by atoms with van der Waals surface area (Å²) in [6.07, 6.45) is 2.88. The molecule has 0 saturated heterocycles. The molecule has 0 amide bonds. The summed E-state index contributed by atoms with van der Waals surface area (Å²) in [4.78, 5) is 0. The molecule has 0 aromatic carbocycles. The van der Waals surface area contributed by atoms with Crippen molar-refractivity contribution in [2.24, 2.45) is 5.92 Å². The molecular formula is C9H14F2. The molecule has 1 aliphatic carbocycles. The summed E-state index contributed by atoms with van der Waals surface area (Å²) >= 11 is 0. The van der Waals surface area contributed by atoms with Gasteiger partial charge < -0.3 is 0 Å². The van der Waals surface area contributed by atoms with Crippen molar-refractivity contribution in [2.45, 2.75) is 39.0 Å². The summed E-state index contributed by atoms with van der Waals surface area (Å²) in [6.45, 7) is 2.13. The van der Waals surface area contributed by atoms with Crippen LogP contribution in [0.4, 0.5) is 8.78 Å². The fourth-order valence-electron chi connectivity index (χ4n) is 1.62. The predicted molar refractivity (Wildman–Crippen MR) is 41.5 cm³/mol. The maximum absolute atomic E-state index is 12.0. The molecule has 2 heteroatoms. The Morgan fingerprint density at radius 1 is 1.36 bits per heavy atom. The van der Waals surface area contributed by atoms with Gasteiger partial charge >= 0.3 is 0 Å².